The predicted molar refractivity (Wildman–Crippen MR) is 350 cm³/mol. The van der Waals surface area contributed by atoms with Gasteiger partial charge in [0.05, 0.1) is 22.2 Å². The second-order valence-electron chi connectivity index (χ2n) is 25.4. The monoisotopic (exact) mass is 1080 g/mol. The fourth-order valence-corrected chi connectivity index (χ4v) is 16.8. The van der Waals surface area contributed by atoms with Gasteiger partial charge < -0.3 is 9.80 Å². The Kier molecular flexibility index (Phi) is 11.5. The molecule has 0 amide bonds. The van der Waals surface area contributed by atoms with Crippen molar-refractivity contribution < 1.29 is 0 Å². The molecular weight excluding hydrogens is 1010 g/mol. The van der Waals surface area contributed by atoms with Crippen LogP contribution in [0.1, 0.15) is 120 Å². The van der Waals surface area contributed by atoms with Crippen molar-refractivity contribution in [3.8, 4) is 11.1 Å². The van der Waals surface area contributed by atoms with Crippen LogP contribution in [0.5, 0.6) is 0 Å². The van der Waals surface area contributed by atoms with Crippen molar-refractivity contribution in [3.05, 3.63) is 357 Å². The zero-order valence-corrected chi connectivity index (χ0v) is 48.4. The van der Waals surface area contributed by atoms with E-state index in [1.54, 1.807) is 0 Å². The summed E-state index contributed by atoms with van der Waals surface area (Å²) < 4.78 is 0. The van der Waals surface area contributed by atoms with Gasteiger partial charge in [0.2, 0.25) is 0 Å². The van der Waals surface area contributed by atoms with E-state index >= 15 is 0 Å². The molecule has 4 atom stereocenters. The SMILES string of the molecule is CC1(C)C2=C(CCC=C2)N(c2ccc3c(c2)C(c2ccccc2)(C2C=CC=CC2)c2cc(/C=C/c4ccc5c(c4)C(c4ccccc4)(c4ccccc4)C4C=C(N6c7ccccc7C(C)(C)c7ccccc76)C=CC54)ccc2-3)c2ccccc21. The van der Waals surface area contributed by atoms with Crippen LogP contribution in [0.4, 0.5) is 22.7 Å². The minimum absolute atomic E-state index is 0.0919. The van der Waals surface area contributed by atoms with E-state index in [1.807, 2.05) is 0 Å². The zero-order valence-electron chi connectivity index (χ0n) is 48.4. The largest absolute Gasteiger partial charge is 0.314 e. The zero-order chi connectivity index (χ0) is 56.4. The van der Waals surface area contributed by atoms with Crippen molar-refractivity contribution in [3.63, 3.8) is 0 Å². The Labute approximate surface area is 496 Å². The van der Waals surface area contributed by atoms with Gasteiger partial charge in [0.15, 0.2) is 0 Å². The molecule has 9 aromatic rings. The van der Waals surface area contributed by atoms with Gasteiger partial charge in [-0.25, -0.2) is 0 Å². The van der Waals surface area contributed by atoms with Gasteiger partial charge in [0, 0.05) is 45.4 Å². The summed E-state index contributed by atoms with van der Waals surface area (Å²) >= 11 is 0. The topological polar surface area (TPSA) is 6.48 Å². The summed E-state index contributed by atoms with van der Waals surface area (Å²) in [5, 5.41) is 0. The van der Waals surface area contributed by atoms with Gasteiger partial charge in [-0.1, -0.05) is 270 Å². The lowest BCUT2D eigenvalue weighted by Crippen LogP contribution is -2.37. The van der Waals surface area contributed by atoms with Crippen molar-refractivity contribution in [2.24, 2.45) is 11.8 Å². The Bertz CT molecular complexity index is 4280. The number of hydrogen-bond donors (Lipinski definition) is 0. The first-order chi connectivity index (χ1) is 41.2. The van der Waals surface area contributed by atoms with Gasteiger partial charge in [-0.05, 0) is 151 Å². The number of rotatable bonds is 8. The molecule has 0 fully saturated rings. The molecule has 0 saturated heterocycles. The molecule has 406 valence electrons. The quantitative estimate of drug-likeness (QED) is 0.140. The van der Waals surface area contributed by atoms with Crippen molar-refractivity contribution in [1.82, 2.24) is 0 Å². The normalized spacial score (nSPS) is 22.1. The molecule has 0 aromatic heterocycles. The second-order valence-corrected chi connectivity index (χ2v) is 25.4. The lowest BCUT2D eigenvalue weighted by Gasteiger charge is -2.45. The Morgan fingerprint density at radius 1 is 0.440 bits per heavy atom. The van der Waals surface area contributed by atoms with E-state index in [4.69, 9.17) is 0 Å². The second kappa shape index (κ2) is 19.2. The van der Waals surface area contributed by atoms with Crippen LogP contribution in [0.2, 0.25) is 0 Å². The number of benzene rings is 9. The first kappa shape index (κ1) is 50.5. The summed E-state index contributed by atoms with van der Waals surface area (Å²) in [5.74, 6) is 0.449. The van der Waals surface area contributed by atoms with Gasteiger partial charge in [0.1, 0.15) is 0 Å². The van der Waals surface area contributed by atoms with E-state index in [0.29, 0.717) is 0 Å². The number of allylic oxidation sites excluding steroid dienone is 11. The van der Waals surface area contributed by atoms with Gasteiger partial charge in [-0.3, -0.25) is 0 Å². The third kappa shape index (κ3) is 7.22. The molecule has 0 bridgehead atoms. The molecular formula is C82H68N2. The van der Waals surface area contributed by atoms with E-state index in [2.05, 4.69) is 323 Å². The third-order valence-corrected chi connectivity index (χ3v) is 20.5. The lowest BCUT2D eigenvalue weighted by molar-refractivity contribution is 0.453. The Hall–Kier alpha value is -9.24. The summed E-state index contributed by atoms with van der Waals surface area (Å²) in [6.45, 7) is 9.56. The van der Waals surface area contributed by atoms with Crippen LogP contribution in [0.3, 0.4) is 0 Å². The van der Waals surface area contributed by atoms with Gasteiger partial charge in [-0.2, -0.15) is 0 Å². The standard InChI is InChI=1S/C82H68N2/c1-79(2)67-33-17-21-37-75(67)83(76-38-22-18-34-68(76)79)61-45-49-65-63-47-43-55(51-71(63)81(73(65)53-61,57-25-9-5-10-26-57)58-27-11-6-12-28-58)41-42-56-44-48-64-66-50-46-62(84-77-39-23-19-35-69(77)80(3,4)70-36-20-24-40-78(70)84)54-74(66)82(72(64)52-56,59-29-13-7-14-30-59)60-31-15-8-16-32-60/h5-23,25-31,33-39,41-54,60,65,73H,24,32,40H2,1-4H3/b42-41+. The average Bonchev–Trinajstić information content (AvgIpc) is 1.68. The number of anilines is 4. The molecule has 2 nitrogen and oxygen atoms in total. The maximum Gasteiger partial charge on any atom is 0.0530 e. The summed E-state index contributed by atoms with van der Waals surface area (Å²) in [6, 6.07) is 83.5. The highest BCUT2D eigenvalue weighted by molar-refractivity contribution is 5.90. The minimum Gasteiger partial charge on any atom is -0.314 e. The van der Waals surface area contributed by atoms with Gasteiger partial charge >= 0.3 is 0 Å². The first-order valence-corrected chi connectivity index (χ1v) is 30.5. The Morgan fingerprint density at radius 2 is 0.976 bits per heavy atom. The van der Waals surface area contributed by atoms with E-state index in [0.717, 1.165) is 19.3 Å². The van der Waals surface area contributed by atoms with Crippen LogP contribution in [0.15, 0.2) is 290 Å². The molecule has 0 N–H and O–H groups in total. The summed E-state index contributed by atoms with van der Waals surface area (Å²) in [7, 11) is 0. The van der Waals surface area contributed by atoms with Gasteiger partial charge in [0.25, 0.3) is 0 Å². The van der Waals surface area contributed by atoms with Crippen molar-refractivity contribution in [2.75, 3.05) is 9.80 Å². The summed E-state index contributed by atoms with van der Waals surface area (Å²) in [6.07, 6.45) is 29.5. The molecule has 0 radical (unpaired) electrons. The number of nitrogens with zero attached hydrogens (tertiary/aromatic N) is 2. The summed E-state index contributed by atoms with van der Waals surface area (Å²) in [5.41, 5.74) is 26.4. The van der Waals surface area contributed by atoms with E-state index < -0.39 is 10.8 Å². The van der Waals surface area contributed by atoms with Crippen LogP contribution in [0.25, 0.3) is 23.3 Å². The van der Waals surface area contributed by atoms with Crippen LogP contribution in [0, 0.1) is 11.8 Å². The fraction of sp³-hybridized carbons (Fsp3) is 0.171. The minimum atomic E-state index is -0.482. The van der Waals surface area contributed by atoms with Crippen LogP contribution >= 0.6 is 0 Å². The lowest BCUT2D eigenvalue weighted by atomic mass is 9.62. The molecule has 2 heteroatoms. The molecule has 2 aliphatic heterocycles. The molecule has 2 heterocycles. The fourth-order valence-electron chi connectivity index (χ4n) is 16.8. The highest BCUT2D eigenvalue weighted by atomic mass is 15.2. The van der Waals surface area contributed by atoms with Crippen molar-refractivity contribution in [2.45, 2.75) is 74.5 Å². The molecule has 4 unspecified atom stereocenters. The van der Waals surface area contributed by atoms with Crippen LogP contribution < -0.4 is 9.80 Å². The highest BCUT2D eigenvalue weighted by Crippen LogP contribution is 2.63. The molecule has 0 spiro atoms. The molecule has 84 heavy (non-hydrogen) atoms. The maximum absolute atomic E-state index is 2.63. The van der Waals surface area contributed by atoms with E-state index in [9.17, 15) is 0 Å². The molecule has 9 aromatic carbocycles. The number of hydrogen-bond acceptors (Lipinski definition) is 2. The molecule has 7 aliphatic rings. The highest BCUT2D eigenvalue weighted by Gasteiger charge is 2.55. The van der Waals surface area contributed by atoms with Gasteiger partial charge in [-0.15, -0.1) is 0 Å². The molecule has 16 rings (SSSR count). The van der Waals surface area contributed by atoms with E-state index in [1.165, 1.54) is 118 Å². The Balaban J connectivity index is 0.836. The van der Waals surface area contributed by atoms with Crippen molar-refractivity contribution in [1.29, 1.82) is 0 Å². The first-order valence-electron chi connectivity index (χ1n) is 30.5. The maximum atomic E-state index is 2.63. The average molecular weight is 1080 g/mol. The van der Waals surface area contributed by atoms with E-state index in [-0.39, 0.29) is 28.6 Å². The van der Waals surface area contributed by atoms with Crippen LogP contribution in [-0.4, -0.2) is 0 Å². The third-order valence-electron chi connectivity index (χ3n) is 20.5. The smallest absolute Gasteiger partial charge is 0.0530 e. The molecule has 5 aliphatic carbocycles. The molecule has 0 saturated carbocycles. The summed E-state index contributed by atoms with van der Waals surface area (Å²) in [4.78, 5) is 5.15. The number of fused-ring (bicyclic) bond motifs is 9. The Morgan fingerprint density at radius 3 is 1.60 bits per heavy atom. The van der Waals surface area contributed by atoms with Crippen LogP contribution in [-0.2, 0) is 21.7 Å². The van der Waals surface area contributed by atoms with Crippen molar-refractivity contribution >= 4 is 34.9 Å². The number of para-hydroxylation sites is 3. The predicted octanol–water partition coefficient (Wildman–Crippen LogP) is 20.3.